The van der Waals surface area contributed by atoms with E-state index in [1.807, 2.05) is 26.8 Å². The molecule has 0 aromatic heterocycles. The maximum Gasteiger partial charge on any atom is 0.128 e. The Kier molecular flexibility index (Phi) is 5.76. The highest BCUT2D eigenvalue weighted by Crippen LogP contribution is 2.26. The van der Waals surface area contributed by atoms with Gasteiger partial charge < -0.3 is 10.1 Å². The van der Waals surface area contributed by atoms with Crippen molar-refractivity contribution in [3.63, 3.8) is 0 Å². The first-order chi connectivity index (χ1) is 8.51. The van der Waals surface area contributed by atoms with Crippen molar-refractivity contribution < 1.29 is 9.13 Å². The largest absolute Gasteiger partial charge is 0.380 e. The molecule has 0 spiro atoms. The van der Waals surface area contributed by atoms with E-state index in [1.54, 1.807) is 13.2 Å². The molecular formula is C15H24FNO. The maximum atomic E-state index is 14.2. The minimum atomic E-state index is -0.148. The molecular weight excluding hydrogens is 229 g/mol. The first kappa shape index (κ1) is 15.1. The molecule has 0 heterocycles. The van der Waals surface area contributed by atoms with Crippen molar-refractivity contribution >= 4 is 0 Å². The molecule has 18 heavy (non-hydrogen) atoms. The number of nitrogens with one attached hydrogen (secondary N) is 1. The molecule has 0 saturated carbocycles. The summed E-state index contributed by atoms with van der Waals surface area (Å²) in [4.78, 5) is 0. The van der Waals surface area contributed by atoms with Crippen molar-refractivity contribution in [2.24, 2.45) is 0 Å². The van der Waals surface area contributed by atoms with Gasteiger partial charge in [0.25, 0.3) is 0 Å². The molecule has 1 N–H and O–H groups in total. The summed E-state index contributed by atoms with van der Waals surface area (Å²) in [6.45, 7) is 8.78. The first-order valence-electron chi connectivity index (χ1n) is 6.54. The predicted molar refractivity (Wildman–Crippen MR) is 73.4 cm³/mol. The van der Waals surface area contributed by atoms with Gasteiger partial charge >= 0.3 is 0 Å². The highest BCUT2D eigenvalue weighted by molar-refractivity contribution is 5.35. The molecule has 1 rings (SSSR count). The van der Waals surface area contributed by atoms with E-state index >= 15 is 0 Å². The molecule has 1 aromatic carbocycles. The molecule has 0 bridgehead atoms. The molecule has 2 unspecified atom stereocenters. The van der Waals surface area contributed by atoms with Crippen molar-refractivity contribution in [2.75, 3.05) is 13.7 Å². The molecule has 102 valence electrons. The van der Waals surface area contributed by atoms with Crippen LogP contribution in [0.15, 0.2) is 12.1 Å². The SMILES string of the molecule is CCCNC(c1c(C)cc(C)cc1F)C(C)OC. The van der Waals surface area contributed by atoms with E-state index in [0.717, 1.165) is 29.7 Å². The smallest absolute Gasteiger partial charge is 0.128 e. The van der Waals surface area contributed by atoms with E-state index in [2.05, 4.69) is 12.2 Å². The fraction of sp³-hybridized carbons (Fsp3) is 0.600. The summed E-state index contributed by atoms with van der Waals surface area (Å²) >= 11 is 0. The van der Waals surface area contributed by atoms with Crippen LogP contribution < -0.4 is 5.32 Å². The highest BCUT2D eigenvalue weighted by Gasteiger charge is 2.23. The number of aryl methyl sites for hydroxylation is 2. The van der Waals surface area contributed by atoms with E-state index in [0.29, 0.717) is 0 Å². The number of methoxy groups -OCH3 is 1. The van der Waals surface area contributed by atoms with Crippen LogP contribution in [-0.2, 0) is 4.74 Å². The standard InChI is InChI=1S/C15H24FNO/c1-6-7-17-15(12(4)18-5)14-11(3)8-10(2)9-13(14)16/h8-9,12,15,17H,6-7H2,1-5H3. The van der Waals surface area contributed by atoms with Gasteiger partial charge in [-0.15, -0.1) is 0 Å². The van der Waals surface area contributed by atoms with Gasteiger partial charge in [-0.3, -0.25) is 0 Å². The van der Waals surface area contributed by atoms with Crippen LogP contribution in [0.1, 0.15) is 43.0 Å². The summed E-state index contributed by atoms with van der Waals surface area (Å²) in [6, 6.07) is 3.50. The van der Waals surface area contributed by atoms with Gasteiger partial charge in [0.1, 0.15) is 5.82 Å². The zero-order chi connectivity index (χ0) is 13.7. The molecule has 1 aromatic rings. The third-order valence-electron chi connectivity index (χ3n) is 3.25. The van der Waals surface area contributed by atoms with Crippen molar-refractivity contribution in [2.45, 2.75) is 46.3 Å². The second-order valence-electron chi connectivity index (χ2n) is 4.85. The Bertz CT molecular complexity index is 369. The van der Waals surface area contributed by atoms with E-state index < -0.39 is 0 Å². The molecule has 0 saturated heterocycles. The van der Waals surface area contributed by atoms with Crippen molar-refractivity contribution in [3.8, 4) is 0 Å². The lowest BCUT2D eigenvalue weighted by Crippen LogP contribution is -2.33. The zero-order valence-corrected chi connectivity index (χ0v) is 12.0. The average Bonchev–Trinajstić information content (AvgIpc) is 2.31. The normalized spacial score (nSPS) is 14.6. The molecule has 2 atom stereocenters. The minimum absolute atomic E-state index is 0.0625. The van der Waals surface area contributed by atoms with Crippen LogP contribution in [-0.4, -0.2) is 19.8 Å². The van der Waals surface area contributed by atoms with Crippen LogP contribution in [0.4, 0.5) is 4.39 Å². The second-order valence-corrected chi connectivity index (χ2v) is 4.85. The summed E-state index contributed by atoms with van der Waals surface area (Å²) in [5.74, 6) is -0.148. The van der Waals surface area contributed by atoms with Gasteiger partial charge in [0.05, 0.1) is 12.1 Å². The van der Waals surface area contributed by atoms with Gasteiger partial charge in [-0.1, -0.05) is 13.0 Å². The lowest BCUT2D eigenvalue weighted by molar-refractivity contribution is 0.0815. The fourth-order valence-electron chi connectivity index (χ4n) is 2.26. The quantitative estimate of drug-likeness (QED) is 0.837. The van der Waals surface area contributed by atoms with Gasteiger partial charge in [0, 0.05) is 12.7 Å². The van der Waals surface area contributed by atoms with E-state index in [-0.39, 0.29) is 18.0 Å². The number of hydrogen-bond donors (Lipinski definition) is 1. The molecule has 0 radical (unpaired) electrons. The number of ether oxygens (including phenoxy) is 1. The summed E-state index contributed by atoms with van der Waals surface area (Å²) in [5.41, 5.74) is 2.65. The van der Waals surface area contributed by atoms with Gasteiger partial charge in [-0.25, -0.2) is 4.39 Å². The third kappa shape index (κ3) is 3.53. The lowest BCUT2D eigenvalue weighted by atomic mass is 9.95. The first-order valence-corrected chi connectivity index (χ1v) is 6.54. The molecule has 0 aliphatic heterocycles. The summed E-state index contributed by atoms with van der Waals surface area (Å²) in [7, 11) is 1.66. The van der Waals surface area contributed by atoms with E-state index in [9.17, 15) is 4.39 Å². The number of halogens is 1. The van der Waals surface area contributed by atoms with Crippen LogP contribution in [0.25, 0.3) is 0 Å². The third-order valence-corrected chi connectivity index (χ3v) is 3.25. The van der Waals surface area contributed by atoms with Crippen molar-refractivity contribution in [1.29, 1.82) is 0 Å². The molecule has 0 fully saturated rings. The van der Waals surface area contributed by atoms with Crippen molar-refractivity contribution in [1.82, 2.24) is 5.32 Å². The van der Waals surface area contributed by atoms with Gasteiger partial charge in [0.2, 0.25) is 0 Å². The van der Waals surface area contributed by atoms with Crippen LogP contribution in [0.2, 0.25) is 0 Å². The number of benzene rings is 1. The predicted octanol–water partition coefficient (Wildman–Crippen LogP) is 3.52. The highest BCUT2D eigenvalue weighted by atomic mass is 19.1. The molecule has 2 nitrogen and oxygen atoms in total. The molecule has 3 heteroatoms. The summed E-state index contributed by atoms with van der Waals surface area (Å²) in [6.07, 6.45) is 0.951. The zero-order valence-electron chi connectivity index (χ0n) is 12.0. The molecule has 0 aliphatic rings. The van der Waals surface area contributed by atoms with Gasteiger partial charge in [-0.2, -0.15) is 0 Å². The Morgan fingerprint density at radius 1 is 1.33 bits per heavy atom. The van der Waals surface area contributed by atoms with Crippen LogP contribution in [0, 0.1) is 19.7 Å². The Balaban J connectivity index is 3.11. The number of rotatable bonds is 6. The summed E-state index contributed by atoms with van der Waals surface area (Å²) in [5, 5.41) is 3.37. The minimum Gasteiger partial charge on any atom is -0.380 e. The Morgan fingerprint density at radius 3 is 2.50 bits per heavy atom. The Labute approximate surface area is 110 Å². The van der Waals surface area contributed by atoms with E-state index in [1.165, 1.54) is 0 Å². The molecule has 0 amide bonds. The lowest BCUT2D eigenvalue weighted by Gasteiger charge is -2.26. The van der Waals surface area contributed by atoms with Crippen LogP contribution >= 0.6 is 0 Å². The van der Waals surface area contributed by atoms with Gasteiger partial charge in [0.15, 0.2) is 0 Å². The second kappa shape index (κ2) is 6.86. The van der Waals surface area contributed by atoms with Gasteiger partial charge in [-0.05, 0) is 50.9 Å². The van der Waals surface area contributed by atoms with Crippen molar-refractivity contribution in [3.05, 3.63) is 34.6 Å². The fourth-order valence-corrected chi connectivity index (χ4v) is 2.26. The topological polar surface area (TPSA) is 21.3 Å². The monoisotopic (exact) mass is 253 g/mol. The maximum absolute atomic E-state index is 14.2. The van der Waals surface area contributed by atoms with E-state index in [4.69, 9.17) is 4.74 Å². The summed E-state index contributed by atoms with van der Waals surface area (Å²) < 4.78 is 19.6. The Hall–Kier alpha value is -0.930. The van der Waals surface area contributed by atoms with Crippen LogP contribution in [0.5, 0.6) is 0 Å². The average molecular weight is 253 g/mol. The number of hydrogen-bond acceptors (Lipinski definition) is 2. The van der Waals surface area contributed by atoms with Crippen LogP contribution in [0.3, 0.4) is 0 Å². The Morgan fingerprint density at radius 2 is 2.00 bits per heavy atom. The molecule has 0 aliphatic carbocycles.